The van der Waals surface area contributed by atoms with Crippen LogP contribution in [-0.4, -0.2) is 18.7 Å². The molecule has 0 amide bonds. The molecule has 0 saturated carbocycles. The van der Waals surface area contributed by atoms with E-state index in [2.05, 4.69) is 13.8 Å². The standard InChI is InChI=1S/C15H18O3/c1-11-8-9-17-14(12(11)2)10-18-15(16)13-6-4-3-5-7-13/h3-9,11-12,14H,10H2,1-2H3/t11-,12+,14?/m1/s1. The molecule has 0 aromatic heterocycles. The Morgan fingerprint density at radius 2 is 2.00 bits per heavy atom. The van der Waals surface area contributed by atoms with E-state index >= 15 is 0 Å². The zero-order valence-electron chi connectivity index (χ0n) is 10.7. The molecule has 1 aromatic carbocycles. The van der Waals surface area contributed by atoms with Crippen LogP contribution >= 0.6 is 0 Å². The van der Waals surface area contributed by atoms with Crippen molar-refractivity contribution in [3.63, 3.8) is 0 Å². The highest BCUT2D eigenvalue weighted by Gasteiger charge is 2.26. The molecule has 1 aromatic rings. The topological polar surface area (TPSA) is 35.5 Å². The van der Waals surface area contributed by atoms with Crippen molar-refractivity contribution in [2.24, 2.45) is 11.8 Å². The molecule has 1 aliphatic rings. The zero-order valence-corrected chi connectivity index (χ0v) is 10.7. The number of allylic oxidation sites excluding steroid dienone is 1. The first-order valence-electron chi connectivity index (χ1n) is 6.23. The van der Waals surface area contributed by atoms with Gasteiger partial charge in [0.1, 0.15) is 12.7 Å². The Morgan fingerprint density at radius 1 is 1.28 bits per heavy atom. The molecule has 0 fully saturated rings. The maximum absolute atomic E-state index is 11.8. The van der Waals surface area contributed by atoms with E-state index in [9.17, 15) is 4.79 Å². The van der Waals surface area contributed by atoms with Gasteiger partial charge in [0.15, 0.2) is 0 Å². The van der Waals surface area contributed by atoms with Crippen molar-refractivity contribution in [1.82, 2.24) is 0 Å². The van der Waals surface area contributed by atoms with Crippen LogP contribution in [0.5, 0.6) is 0 Å². The van der Waals surface area contributed by atoms with Crippen molar-refractivity contribution >= 4 is 5.97 Å². The summed E-state index contributed by atoms with van der Waals surface area (Å²) in [6, 6.07) is 9.00. The molecule has 1 unspecified atom stereocenters. The first-order valence-corrected chi connectivity index (χ1v) is 6.23. The highest BCUT2D eigenvalue weighted by Crippen LogP contribution is 2.24. The normalized spacial score (nSPS) is 26.4. The molecule has 1 heterocycles. The summed E-state index contributed by atoms with van der Waals surface area (Å²) < 4.78 is 10.8. The summed E-state index contributed by atoms with van der Waals surface area (Å²) in [5.74, 6) is 0.492. The van der Waals surface area contributed by atoms with Gasteiger partial charge in [0.25, 0.3) is 0 Å². The molecule has 0 saturated heterocycles. The summed E-state index contributed by atoms with van der Waals surface area (Å²) in [5.41, 5.74) is 0.574. The third kappa shape index (κ3) is 2.92. The second kappa shape index (κ2) is 5.71. The molecular weight excluding hydrogens is 228 g/mol. The van der Waals surface area contributed by atoms with Crippen LogP contribution in [0.1, 0.15) is 24.2 Å². The molecular formula is C15H18O3. The molecule has 3 nitrogen and oxygen atoms in total. The van der Waals surface area contributed by atoms with Crippen LogP contribution in [0.4, 0.5) is 0 Å². The lowest BCUT2D eigenvalue weighted by Gasteiger charge is -2.30. The molecule has 0 radical (unpaired) electrons. The largest absolute Gasteiger partial charge is 0.494 e. The third-order valence-electron chi connectivity index (χ3n) is 3.44. The molecule has 0 N–H and O–H groups in total. The Bertz CT molecular complexity index is 425. The Morgan fingerprint density at radius 3 is 2.72 bits per heavy atom. The minimum atomic E-state index is -0.298. The predicted molar refractivity (Wildman–Crippen MR) is 69.1 cm³/mol. The van der Waals surface area contributed by atoms with Crippen molar-refractivity contribution in [3.05, 3.63) is 48.2 Å². The van der Waals surface area contributed by atoms with Gasteiger partial charge in [-0.15, -0.1) is 0 Å². The summed E-state index contributed by atoms with van der Waals surface area (Å²) in [6.07, 6.45) is 3.67. The van der Waals surface area contributed by atoms with Gasteiger partial charge in [0.05, 0.1) is 11.8 Å². The Balaban J connectivity index is 1.89. The molecule has 1 aliphatic heterocycles. The summed E-state index contributed by atoms with van der Waals surface area (Å²) in [7, 11) is 0. The maximum atomic E-state index is 11.8. The number of rotatable bonds is 3. The second-order valence-corrected chi connectivity index (χ2v) is 4.69. The number of hydrogen-bond acceptors (Lipinski definition) is 3. The smallest absolute Gasteiger partial charge is 0.338 e. The van der Waals surface area contributed by atoms with E-state index in [1.165, 1.54) is 0 Å². The van der Waals surface area contributed by atoms with Crippen LogP contribution in [0, 0.1) is 11.8 Å². The quantitative estimate of drug-likeness (QED) is 0.769. The van der Waals surface area contributed by atoms with Crippen molar-refractivity contribution in [1.29, 1.82) is 0 Å². The van der Waals surface area contributed by atoms with E-state index in [1.807, 2.05) is 24.3 Å². The molecule has 3 atom stereocenters. The SMILES string of the molecule is C[C@@H]1C=COC(COC(=O)c2ccccc2)[C@H]1C. The molecule has 96 valence electrons. The number of carbonyl (C=O) groups excluding carboxylic acids is 1. The van der Waals surface area contributed by atoms with E-state index in [-0.39, 0.29) is 12.1 Å². The van der Waals surface area contributed by atoms with Gasteiger partial charge in [0.2, 0.25) is 0 Å². The van der Waals surface area contributed by atoms with Gasteiger partial charge >= 0.3 is 5.97 Å². The number of ether oxygens (including phenoxy) is 2. The van der Waals surface area contributed by atoms with Crippen molar-refractivity contribution < 1.29 is 14.3 Å². The maximum Gasteiger partial charge on any atom is 0.338 e. The van der Waals surface area contributed by atoms with E-state index in [4.69, 9.17) is 9.47 Å². The van der Waals surface area contributed by atoms with Gasteiger partial charge in [-0.25, -0.2) is 4.79 Å². The Kier molecular flexibility index (Phi) is 4.03. The van der Waals surface area contributed by atoms with E-state index in [0.717, 1.165) is 0 Å². The van der Waals surface area contributed by atoms with Crippen LogP contribution in [0.3, 0.4) is 0 Å². The highest BCUT2D eigenvalue weighted by molar-refractivity contribution is 5.89. The van der Waals surface area contributed by atoms with Gasteiger partial charge in [-0.05, 0) is 24.1 Å². The lowest BCUT2D eigenvalue weighted by Crippen LogP contribution is -2.33. The van der Waals surface area contributed by atoms with Crippen LogP contribution in [0.2, 0.25) is 0 Å². The average Bonchev–Trinajstić information content (AvgIpc) is 2.41. The number of hydrogen-bond donors (Lipinski definition) is 0. The summed E-state index contributed by atoms with van der Waals surface area (Å²) in [6.45, 7) is 4.54. The van der Waals surface area contributed by atoms with Crippen LogP contribution in [0.15, 0.2) is 42.7 Å². The number of benzene rings is 1. The molecule has 18 heavy (non-hydrogen) atoms. The molecule has 0 spiro atoms. The van der Waals surface area contributed by atoms with Crippen LogP contribution in [-0.2, 0) is 9.47 Å². The number of carbonyl (C=O) groups is 1. The molecule has 3 heteroatoms. The van der Waals surface area contributed by atoms with Crippen molar-refractivity contribution in [2.45, 2.75) is 20.0 Å². The lowest BCUT2D eigenvalue weighted by molar-refractivity contribution is -0.00933. The minimum absolute atomic E-state index is 0.0577. The number of esters is 1. The van der Waals surface area contributed by atoms with Gasteiger partial charge in [-0.3, -0.25) is 0 Å². The summed E-state index contributed by atoms with van der Waals surface area (Å²) >= 11 is 0. The van der Waals surface area contributed by atoms with Crippen molar-refractivity contribution in [3.8, 4) is 0 Å². The van der Waals surface area contributed by atoms with E-state index < -0.39 is 0 Å². The van der Waals surface area contributed by atoms with Gasteiger partial charge in [-0.1, -0.05) is 32.0 Å². The van der Waals surface area contributed by atoms with Crippen molar-refractivity contribution in [2.75, 3.05) is 6.61 Å². The molecule has 0 aliphatic carbocycles. The Labute approximate surface area is 107 Å². The summed E-state index contributed by atoms with van der Waals surface area (Å²) in [5, 5.41) is 0. The lowest BCUT2D eigenvalue weighted by atomic mass is 9.89. The van der Waals surface area contributed by atoms with Gasteiger partial charge in [0, 0.05) is 5.92 Å². The predicted octanol–water partition coefficient (Wildman–Crippen LogP) is 3.03. The second-order valence-electron chi connectivity index (χ2n) is 4.69. The van der Waals surface area contributed by atoms with Gasteiger partial charge in [-0.2, -0.15) is 0 Å². The fourth-order valence-electron chi connectivity index (χ4n) is 1.91. The summed E-state index contributed by atoms with van der Waals surface area (Å²) in [4.78, 5) is 11.8. The van der Waals surface area contributed by atoms with Crippen LogP contribution < -0.4 is 0 Å². The molecule has 0 bridgehead atoms. The first kappa shape index (κ1) is 12.7. The minimum Gasteiger partial charge on any atom is -0.494 e. The average molecular weight is 246 g/mol. The molecule has 2 rings (SSSR count). The fraction of sp³-hybridized carbons (Fsp3) is 0.400. The first-order chi connectivity index (χ1) is 8.68. The van der Waals surface area contributed by atoms with E-state index in [0.29, 0.717) is 24.0 Å². The van der Waals surface area contributed by atoms with Crippen LogP contribution in [0.25, 0.3) is 0 Å². The highest BCUT2D eigenvalue weighted by atomic mass is 16.6. The fourth-order valence-corrected chi connectivity index (χ4v) is 1.91. The third-order valence-corrected chi connectivity index (χ3v) is 3.44. The Hall–Kier alpha value is -1.77. The monoisotopic (exact) mass is 246 g/mol. The van der Waals surface area contributed by atoms with E-state index in [1.54, 1.807) is 18.4 Å². The van der Waals surface area contributed by atoms with Gasteiger partial charge < -0.3 is 9.47 Å². The zero-order chi connectivity index (χ0) is 13.0.